The predicted octanol–water partition coefficient (Wildman–Crippen LogP) is 3.45. The molecule has 0 radical (unpaired) electrons. The molecule has 0 spiro atoms. The molecule has 1 N–H and O–H groups in total. The highest BCUT2D eigenvalue weighted by Crippen LogP contribution is 2.24. The van der Waals surface area contributed by atoms with Gasteiger partial charge in [0.2, 0.25) is 0 Å². The summed E-state index contributed by atoms with van der Waals surface area (Å²) < 4.78 is 5.59. The Labute approximate surface area is 146 Å². The molecule has 0 aliphatic heterocycles. The largest absolute Gasteiger partial charge is 0.479 e. The molecular formula is C18H19ClN2O3. The molecule has 2 aromatic rings. The second kappa shape index (κ2) is 7.84. The maximum absolute atomic E-state index is 12.4. The number of benzene rings is 2. The van der Waals surface area contributed by atoms with Crippen LogP contribution in [0.4, 0.5) is 5.69 Å². The van der Waals surface area contributed by atoms with Crippen LogP contribution in [0.25, 0.3) is 0 Å². The smallest absolute Gasteiger partial charge is 0.265 e. The monoisotopic (exact) mass is 346 g/mol. The Morgan fingerprint density at radius 2 is 1.71 bits per heavy atom. The van der Waals surface area contributed by atoms with Crippen molar-refractivity contribution in [2.45, 2.75) is 13.0 Å². The first-order valence-electron chi connectivity index (χ1n) is 7.43. The van der Waals surface area contributed by atoms with Crippen molar-refractivity contribution in [3.8, 4) is 5.75 Å². The molecule has 2 aromatic carbocycles. The van der Waals surface area contributed by atoms with Crippen LogP contribution in [0.5, 0.6) is 5.75 Å². The molecule has 0 fully saturated rings. The van der Waals surface area contributed by atoms with E-state index in [4.69, 9.17) is 16.3 Å². The molecule has 2 rings (SSSR count). The van der Waals surface area contributed by atoms with Crippen LogP contribution in [0.2, 0.25) is 5.02 Å². The number of carbonyl (C=O) groups is 2. The normalized spacial score (nSPS) is 11.5. The Balaban J connectivity index is 2.12. The van der Waals surface area contributed by atoms with E-state index in [9.17, 15) is 9.59 Å². The van der Waals surface area contributed by atoms with Crippen molar-refractivity contribution in [2.75, 3.05) is 19.4 Å². The lowest BCUT2D eigenvalue weighted by Gasteiger charge is -2.18. The van der Waals surface area contributed by atoms with Crippen molar-refractivity contribution in [2.24, 2.45) is 0 Å². The molecule has 1 atom stereocenters. The highest BCUT2D eigenvalue weighted by Gasteiger charge is 2.19. The molecule has 0 bridgehead atoms. The highest BCUT2D eigenvalue weighted by molar-refractivity contribution is 6.32. The average molecular weight is 347 g/mol. The van der Waals surface area contributed by atoms with E-state index in [1.165, 1.54) is 4.90 Å². The molecule has 0 heterocycles. The summed E-state index contributed by atoms with van der Waals surface area (Å²) >= 11 is 6.03. The zero-order valence-corrected chi connectivity index (χ0v) is 14.5. The van der Waals surface area contributed by atoms with Crippen LogP contribution in [0.3, 0.4) is 0 Å². The third-order valence-corrected chi connectivity index (χ3v) is 3.64. The van der Waals surface area contributed by atoms with Crippen LogP contribution < -0.4 is 10.1 Å². The molecule has 0 aliphatic rings. The van der Waals surface area contributed by atoms with Crippen LogP contribution in [0, 0.1) is 0 Å². The van der Waals surface area contributed by atoms with Crippen LogP contribution in [-0.4, -0.2) is 36.9 Å². The number of hydrogen-bond acceptors (Lipinski definition) is 3. The van der Waals surface area contributed by atoms with Gasteiger partial charge < -0.3 is 15.0 Å². The number of halogens is 1. The Kier molecular flexibility index (Phi) is 5.82. The topological polar surface area (TPSA) is 58.6 Å². The summed E-state index contributed by atoms with van der Waals surface area (Å²) in [4.78, 5) is 26.0. The Hall–Kier alpha value is -2.53. The van der Waals surface area contributed by atoms with Gasteiger partial charge in [0.15, 0.2) is 6.10 Å². The minimum atomic E-state index is -0.771. The lowest BCUT2D eigenvalue weighted by molar-refractivity contribution is -0.122. The number of para-hydroxylation sites is 2. The second-order valence-electron chi connectivity index (χ2n) is 5.42. The fraction of sp³-hybridized carbons (Fsp3) is 0.222. The molecule has 126 valence electrons. The first-order valence-corrected chi connectivity index (χ1v) is 7.80. The highest BCUT2D eigenvalue weighted by atomic mass is 35.5. The second-order valence-corrected chi connectivity index (χ2v) is 5.83. The summed E-state index contributed by atoms with van der Waals surface area (Å²) in [5.41, 5.74) is 0.858. The first-order chi connectivity index (χ1) is 11.4. The Bertz CT molecular complexity index is 747. The van der Waals surface area contributed by atoms with Crippen LogP contribution >= 0.6 is 11.6 Å². The molecule has 0 saturated heterocycles. The van der Waals surface area contributed by atoms with Crippen molar-refractivity contribution < 1.29 is 14.3 Å². The van der Waals surface area contributed by atoms with Gasteiger partial charge in [0, 0.05) is 14.1 Å². The summed E-state index contributed by atoms with van der Waals surface area (Å²) in [6, 6.07) is 13.8. The summed E-state index contributed by atoms with van der Waals surface area (Å²) in [5.74, 6) is -0.126. The number of nitrogens with zero attached hydrogens (tertiary/aromatic N) is 1. The van der Waals surface area contributed by atoms with Gasteiger partial charge in [-0.15, -0.1) is 0 Å². The van der Waals surface area contributed by atoms with Crippen molar-refractivity contribution in [1.82, 2.24) is 4.90 Å². The van der Waals surface area contributed by atoms with E-state index < -0.39 is 6.10 Å². The number of ether oxygens (including phenoxy) is 1. The SMILES string of the molecule is C[C@@H](Oc1ccccc1Cl)C(=O)Nc1ccccc1C(=O)N(C)C. The third-order valence-electron chi connectivity index (χ3n) is 3.33. The fourth-order valence-corrected chi connectivity index (χ4v) is 2.22. The Morgan fingerprint density at radius 3 is 2.38 bits per heavy atom. The van der Waals surface area contributed by atoms with Crippen LogP contribution in [0.15, 0.2) is 48.5 Å². The number of anilines is 1. The third kappa shape index (κ3) is 4.26. The van der Waals surface area contributed by atoms with E-state index in [0.717, 1.165) is 0 Å². The summed E-state index contributed by atoms with van der Waals surface area (Å²) in [5, 5.41) is 3.16. The quantitative estimate of drug-likeness (QED) is 0.902. The van der Waals surface area contributed by atoms with Gasteiger partial charge in [0.25, 0.3) is 11.8 Å². The Morgan fingerprint density at radius 1 is 1.08 bits per heavy atom. The predicted molar refractivity (Wildman–Crippen MR) is 94.6 cm³/mol. The van der Waals surface area contributed by atoms with E-state index in [1.807, 2.05) is 0 Å². The van der Waals surface area contributed by atoms with Gasteiger partial charge in [0.1, 0.15) is 5.75 Å². The molecule has 2 amide bonds. The maximum Gasteiger partial charge on any atom is 0.265 e. The van der Waals surface area contributed by atoms with Crippen molar-refractivity contribution >= 4 is 29.1 Å². The number of hydrogen-bond donors (Lipinski definition) is 1. The van der Waals surface area contributed by atoms with Crippen LogP contribution in [0.1, 0.15) is 17.3 Å². The van der Waals surface area contributed by atoms with Gasteiger partial charge in [-0.25, -0.2) is 0 Å². The minimum absolute atomic E-state index is 0.189. The molecule has 0 aromatic heterocycles. The standard InChI is InChI=1S/C18H19ClN2O3/c1-12(24-16-11-7-5-9-14(16)19)17(22)20-15-10-6-4-8-13(15)18(23)21(2)3/h4-12H,1-3H3,(H,20,22)/t12-/m1/s1. The van der Waals surface area contributed by atoms with E-state index in [-0.39, 0.29) is 11.8 Å². The van der Waals surface area contributed by atoms with Gasteiger partial charge >= 0.3 is 0 Å². The van der Waals surface area contributed by atoms with E-state index in [2.05, 4.69) is 5.32 Å². The van der Waals surface area contributed by atoms with Gasteiger partial charge in [-0.2, -0.15) is 0 Å². The van der Waals surface area contributed by atoms with Crippen molar-refractivity contribution in [1.29, 1.82) is 0 Å². The minimum Gasteiger partial charge on any atom is -0.479 e. The molecule has 24 heavy (non-hydrogen) atoms. The summed E-state index contributed by atoms with van der Waals surface area (Å²) in [6.45, 7) is 1.62. The van der Waals surface area contributed by atoms with Gasteiger partial charge in [0.05, 0.1) is 16.3 Å². The van der Waals surface area contributed by atoms with E-state index in [1.54, 1.807) is 69.6 Å². The maximum atomic E-state index is 12.4. The summed E-state index contributed by atoms with van der Waals surface area (Å²) in [6.07, 6.45) is -0.771. The number of nitrogens with one attached hydrogen (secondary N) is 1. The lowest BCUT2D eigenvalue weighted by atomic mass is 10.1. The molecule has 6 heteroatoms. The molecule has 0 saturated carbocycles. The number of rotatable bonds is 5. The fourth-order valence-electron chi connectivity index (χ4n) is 2.04. The van der Waals surface area contributed by atoms with E-state index >= 15 is 0 Å². The van der Waals surface area contributed by atoms with Crippen molar-refractivity contribution in [3.63, 3.8) is 0 Å². The zero-order valence-electron chi connectivity index (χ0n) is 13.7. The molecule has 0 unspecified atom stereocenters. The first kappa shape index (κ1) is 17.8. The van der Waals surface area contributed by atoms with Gasteiger partial charge in [-0.1, -0.05) is 35.9 Å². The van der Waals surface area contributed by atoms with E-state index in [0.29, 0.717) is 22.0 Å². The number of carbonyl (C=O) groups excluding carboxylic acids is 2. The van der Waals surface area contributed by atoms with Gasteiger partial charge in [-0.3, -0.25) is 9.59 Å². The molecular weight excluding hydrogens is 328 g/mol. The molecule has 0 aliphatic carbocycles. The van der Waals surface area contributed by atoms with Crippen LogP contribution in [-0.2, 0) is 4.79 Å². The zero-order chi connectivity index (χ0) is 17.7. The molecule has 5 nitrogen and oxygen atoms in total. The van der Waals surface area contributed by atoms with Crippen molar-refractivity contribution in [3.05, 3.63) is 59.1 Å². The van der Waals surface area contributed by atoms with Gasteiger partial charge in [-0.05, 0) is 31.2 Å². The summed E-state index contributed by atoms with van der Waals surface area (Å²) in [7, 11) is 3.31. The number of amides is 2. The average Bonchev–Trinajstić information content (AvgIpc) is 2.56. The lowest BCUT2D eigenvalue weighted by Crippen LogP contribution is -2.31.